The van der Waals surface area contributed by atoms with Crippen LogP contribution in [0.15, 0.2) is 53.4 Å². The summed E-state index contributed by atoms with van der Waals surface area (Å²) in [5.41, 5.74) is 2.77. The molecule has 1 aliphatic rings. The number of hydrogen-bond donors (Lipinski definition) is 1. The number of urea groups is 1. The fraction of sp³-hybridized carbons (Fsp3) is 0.188. The third-order valence-electron chi connectivity index (χ3n) is 3.48. The van der Waals surface area contributed by atoms with Gasteiger partial charge in [0.25, 0.3) is 0 Å². The van der Waals surface area contributed by atoms with Crippen molar-refractivity contribution < 1.29 is 4.79 Å². The number of nitrogens with zero attached hydrogens (tertiary/aromatic N) is 3. The number of carbonyl (C=O) groups excluding carboxylic acids is 1. The van der Waals surface area contributed by atoms with Gasteiger partial charge >= 0.3 is 6.03 Å². The molecule has 1 aliphatic heterocycles. The zero-order valence-electron chi connectivity index (χ0n) is 11.9. The Labute approximate surface area is 137 Å². The quantitative estimate of drug-likeness (QED) is 0.892. The predicted octanol–water partition coefficient (Wildman–Crippen LogP) is 3.56. The normalized spacial score (nSPS) is 14.4. The number of anilines is 1. The van der Waals surface area contributed by atoms with E-state index in [2.05, 4.69) is 31.2 Å². The van der Waals surface area contributed by atoms with Gasteiger partial charge in [-0.1, -0.05) is 24.3 Å². The van der Waals surface area contributed by atoms with E-state index in [0.717, 1.165) is 28.0 Å². The molecule has 3 rings (SSSR count). The molecular formula is C16H15BrN4O. The summed E-state index contributed by atoms with van der Waals surface area (Å²) < 4.78 is 0.739. The molecule has 1 N–H and O–H groups in total. The third kappa shape index (κ3) is 3.33. The zero-order chi connectivity index (χ0) is 15.4. The van der Waals surface area contributed by atoms with Gasteiger partial charge in [0.05, 0.1) is 5.69 Å². The molecule has 0 saturated carbocycles. The van der Waals surface area contributed by atoms with E-state index in [9.17, 15) is 4.79 Å². The Morgan fingerprint density at radius 3 is 2.64 bits per heavy atom. The number of halogens is 1. The van der Waals surface area contributed by atoms with Crippen LogP contribution in [0.4, 0.5) is 10.5 Å². The highest BCUT2D eigenvalue weighted by atomic mass is 79.9. The van der Waals surface area contributed by atoms with E-state index in [1.807, 2.05) is 36.4 Å². The summed E-state index contributed by atoms with van der Waals surface area (Å²) in [4.78, 5) is 22.5. The molecule has 0 unspecified atom stereocenters. The van der Waals surface area contributed by atoms with Gasteiger partial charge < -0.3 is 10.2 Å². The van der Waals surface area contributed by atoms with Crippen LogP contribution in [0.25, 0.3) is 5.57 Å². The number of benzene rings is 1. The van der Waals surface area contributed by atoms with Gasteiger partial charge in [-0.05, 0) is 40.1 Å². The van der Waals surface area contributed by atoms with Crippen LogP contribution in [-0.2, 0) is 0 Å². The minimum atomic E-state index is -0.0836. The van der Waals surface area contributed by atoms with Gasteiger partial charge in [-0.2, -0.15) is 0 Å². The fourth-order valence-electron chi connectivity index (χ4n) is 2.33. The second-order valence-corrected chi connectivity index (χ2v) is 5.67. The SMILES string of the molecule is O=C(Nc1ccccc1)N1CC=C(c2nccnc2Br)CC1. The number of rotatable bonds is 2. The largest absolute Gasteiger partial charge is 0.322 e. The lowest BCUT2D eigenvalue weighted by Gasteiger charge is -2.26. The summed E-state index contributed by atoms with van der Waals surface area (Å²) in [6, 6.07) is 9.38. The van der Waals surface area contributed by atoms with E-state index in [1.165, 1.54) is 0 Å². The third-order valence-corrected chi connectivity index (χ3v) is 4.06. The standard InChI is InChI=1S/C16H15BrN4O/c17-15-14(18-8-9-19-15)12-6-10-21(11-7-12)16(22)20-13-4-2-1-3-5-13/h1-6,8-9H,7,10-11H2,(H,20,22). The molecule has 0 aliphatic carbocycles. The highest BCUT2D eigenvalue weighted by Crippen LogP contribution is 2.25. The lowest BCUT2D eigenvalue weighted by Crippen LogP contribution is -2.37. The van der Waals surface area contributed by atoms with E-state index in [4.69, 9.17) is 0 Å². The van der Waals surface area contributed by atoms with Crippen LogP contribution >= 0.6 is 15.9 Å². The molecule has 0 radical (unpaired) electrons. The van der Waals surface area contributed by atoms with Crippen molar-refractivity contribution in [2.75, 3.05) is 18.4 Å². The minimum Gasteiger partial charge on any atom is -0.320 e. The first kappa shape index (κ1) is 14.7. The zero-order valence-corrected chi connectivity index (χ0v) is 13.5. The molecule has 0 bridgehead atoms. The number of amides is 2. The Hall–Kier alpha value is -2.21. The molecule has 2 heterocycles. The van der Waals surface area contributed by atoms with Crippen LogP contribution in [0.5, 0.6) is 0 Å². The molecular weight excluding hydrogens is 344 g/mol. The lowest BCUT2D eigenvalue weighted by atomic mass is 10.1. The molecule has 6 heteroatoms. The Kier molecular flexibility index (Phi) is 4.48. The highest BCUT2D eigenvalue weighted by Gasteiger charge is 2.19. The van der Waals surface area contributed by atoms with Gasteiger partial charge in [-0.25, -0.2) is 9.78 Å². The Bertz CT molecular complexity index is 702. The Morgan fingerprint density at radius 2 is 1.95 bits per heavy atom. The second-order valence-electron chi connectivity index (χ2n) is 4.92. The molecule has 0 spiro atoms. The number of aromatic nitrogens is 2. The minimum absolute atomic E-state index is 0.0836. The molecule has 0 saturated heterocycles. The molecule has 0 fully saturated rings. The van der Waals surface area contributed by atoms with Crippen molar-refractivity contribution in [2.24, 2.45) is 0 Å². The molecule has 1 aromatic carbocycles. The number of para-hydroxylation sites is 1. The monoisotopic (exact) mass is 358 g/mol. The summed E-state index contributed by atoms with van der Waals surface area (Å²) in [5, 5.41) is 2.90. The number of carbonyl (C=O) groups is 1. The Balaban J connectivity index is 1.66. The highest BCUT2D eigenvalue weighted by molar-refractivity contribution is 9.10. The van der Waals surface area contributed by atoms with E-state index in [-0.39, 0.29) is 6.03 Å². The van der Waals surface area contributed by atoms with Gasteiger partial charge in [0.2, 0.25) is 0 Å². The summed E-state index contributed by atoms with van der Waals surface area (Å²) in [5.74, 6) is 0. The van der Waals surface area contributed by atoms with Crippen molar-refractivity contribution >= 4 is 33.2 Å². The van der Waals surface area contributed by atoms with Crippen LogP contribution in [0.1, 0.15) is 12.1 Å². The predicted molar refractivity (Wildman–Crippen MR) is 89.4 cm³/mol. The molecule has 2 amide bonds. The van der Waals surface area contributed by atoms with Crippen molar-refractivity contribution in [1.82, 2.24) is 14.9 Å². The van der Waals surface area contributed by atoms with Crippen LogP contribution in [0, 0.1) is 0 Å². The Morgan fingerprint density at radius 1 is 1.18 bits per heavy atom. The first-order chi connectivity index (χ1) is 10.7. The van der Waals surface area contributed by atoms with Crippen molar-refractivity contribution in [2.45, 2.75) is 6.42 Å². The van der Waals surface area contributed by atoms with Crippen LogP contribution in [-0.4, -0.2) is 34.0 Å². The molecule has 1 aromatic heterocycles. The smallest absolute Gasteiger partial charge is 0.320 e. The van der Waals surface area contributed by atoms with Crippen molar-refractivity contribution in [3.8, 4) is 0 Å². The van der Waals surface area contributed by atoms with Gasteiger partial charge in [0.1, 0.15) is 4.60 Å². The van der Waals surface area contributed by atoms with E-state index >= 15 is 0 Å². The number of hydrogen-bond acceptors (Lipinski definition) is 3. The summed E-state index contributed by atoms with van der Waals surface area (Å²) in [7, 11) is 0. The molecule has 112 valence electrons. The maximum atomic E-state index is 12.2. The van der Waals surface area contributed by atoms with Crippen molar-refractivity contribution in [1.29, 1.82) is 0 Å². The van der Waals surface area contributed by atoms with Crippen LogP contribution in [0.3, 0.4) is 0 Å². The van der Waals surface area contributed by atoms with Crippen LogP contribution in [0.2, 0.25) is 0 Å². The van der Waals surface area contributed by atoms with Crippen molar-refractivity contribution in [3.63, 3.8) is 0 Å². The van der Waals surface area contributed by atoms with Gasteiger partial charge in [0.15, 0.2) is 0 Å². The topological polar surface area (TPSA) is 58.1 Å². The number of nitrogens with one attached hydrogen (secondary N) is 1. The van der Waals surface area contributed by atoms with Crippen molar-refractivity contribution in [3.05, 3.63) is 59.1 Å². The van der Waals surface area contributed by atoms with Gasteiger partial charge in [-0.3, -0.25) is 4.98 Å². The molecule has 22 heavy (non-hydrogen) atoms. The maximum Gasteiger partial charge on any atom is 0.322 e. The molecule has 0 atom stereocenters. The average Bonchev–Trinajstić information content (AvgIpc) is 2.56. The molecule has 5 nitrogen and oxygen atoms in total. The van der Waals surface area contributed by atoms with E-state index < -0.39 is 0 Å². The van der Waals surface area contributed by atoms with E-state index in [0.29, 0.717) is 13.1 Å². The van der Waals surface area contributed by atoms with Gasteiger partial charge in [0, 0.05) is 31.2 Å². The first-order valence-corrected chi connectivity index (χ1v) is 7.80. The maximum absolute atomic E-state index is 12.2. The summed E-state index contributed by atoms with van der Waals surface area (Å²) >= 11 is 3.41. The van der Waals surface area contributed by atoms with E-state index in [1.54, 1.807) is 17.3 Å². The average molecular weight is 359 g/mol. The summed E-state index contributed by atoms with van der Waals surface area (Å²) in [6.45, 7) is 1.23. The first-order valence-electron chi connectivity index (χ1n) is 7.01. The van der Waals surface area contributed by atoms with Gasteiger partial charge in [-0.15, -0.1) is 0 Å². The lowest BCUT2D eigenvalue weighted by molar-refractivity contribution is 0.217. The van der Waals surface area contributed by atoms with Crippen LogP contribution < -0.4 is 5.32 Å². The molecule has 2 aromatic rings. The summed E-state index contributed by atoms with van der Waals surface area (Å²) in [6.07, 6.45) is 6.12. The fourth-order valence-corrected chi connectivity index (χ4v) is 2.80. The second kappa shape index (κ2) is 6.70.